The van der Waals surface area contributed by atoms with Crippen LogP contribution in [0.4, 0.5) is 9.59 Å². The second-order valence-electron chi connectivity index (χ2n) is 8.86. The molecule has 39 heavy (non-hydrogen) atoms. The topological polar surface area (TPSA) is 89.5 Å². The summed E-state index contributed by atoms with van der Waals surface area (Å²) >= 11 is 0. The van der Waals surface area contributed by atoms with Gasteiger partial charge in [-0.2, -0.15) is 0 Å². The maximum atomic E-state index is 12.1. The van der Waals surface area contributed by atoms with E-state index in [4.69, 9.17) is 28.4 Å². The van der Waals surface area contributed by atoms with Crippen molar-refractivity contribution < 1.29 is 38.0 Å². The minimum atomic E-state index is -0.844. The van der Waals surface area contributed by atoms with Gasteiger partial charge in [0.1, 0.15) is 0 Å². The van der Waals surface area contributed by atoms with E-state index in [1.165, 1.54) is 28.4 Å². The van der Waals surface area contributed by atoms with Gasteiger partial charge < -0.3 is 28.4 Å². The van der Waals surface area contributed by atoms with Crippen molar-refractivity contribution in [1.29, 1.82) is 0 Å². The Labute approximate surface area is 229 Å². The molecule has 0 aliphatic heterocycles. The summed E-state index contributed by atoms with van der Waals surface area (Å²) in [5.74, 6) is 1.05. The Morgan fingerprint density at radius 3 is 1.44 bits per heavy atom. The van der Waals surface area contributed by atoms with Gasteiger partial charge in [0.25, 0.3) is 0 Å². The zero-order chi connectivity index (χ0) is 28.4. The molecule has 0 unspecified atom stereocenters. The van der Waals surface area contributed by atoms with Gasteiger partial charge in [-0.25, -0.2) is 9.59 Å². The number of rotatable bonds is 11. The lowest BCUT2D eigenvalue weighted by Gasteiger charge is -2.26. The highest BCUT2D eigenvalue weighted by Gasteiger charge is 2.27. The number of hydrogen-bond donors (Lipinski definition) is 0. The van der Waals surface area contributed by atoms with E-state index in [9.17, 15) is 9.59 Å². The largest absolute Gasteiger partial charge is 0.513 e. The number of methoxy groups -OCH3 is 4. The molecule has 0 fully saturated rings. The maximum absolute atomic E-state index is 12.1. The lowest BCUT2D eigenvalue weighted by Crippen LogP contribution is -2.14. The van der Waals surface area contributed by atoms with Gasteiger partial charge in [0.2, 0.25) is 0 Å². The lowest BCUT2D eigenvalue weighted by atomic mass is 9.79. The predicted octanol–water partition coefficient (Wildman–Crippen LogP) is 7.08. The molecule has 0 aromatic heterocycles. The Morgan fingerprint density at radius 1 is 0.641 bits per heavy atom. The van der Waals surface area contributed by atoms with Gasteiger partial charge in [-0.05, 0) is 64.9 Å². The summed E-state index contributed by atoms with van der Waals surface area (Å²) in [4.78, 5) is 24.2. The van der Waals surface area contributed by atoms with Crippen molar-refractivity contribution in [3.05, 3.63) is 82.4 Å². The average Bonchev–Trinajstić information content (AvgIpc) is 2.95. The van der Waals surface area contributed by atoms with Gasteiger partial charge in [0.15, 0.2) is 23.0 Å². The van der Waals surface area contributed by atoms with Crippen LogP contribution in [0.3, 0.4) is 0 Å². The third-order valence-electron chi connectivity index (χ3n) is 6.36. The molecule has 0 N–H and O–H groups in total. The second-order valence-corrected chi connectivity index (χ2v) is 8.86. The monoisotopic (exact) mass is 536 g/mol. The third-order valence-corrected chi connectivity index (χ3v) is 6.36. The summed E-state index contributed by atoms with van der Waals surface area (Å²) in [6.45, 7) is 4.20. The molecule has 208 valence electrons. The van der Waals surface area contributed by atoms with Gasteiger partial charge in [-0.3, -0.25) is 0 Å². The molecule has 0 amide bonds. The highest BCUT2D eigenvalue weighted by Crippen LogP contribution is 2.44. The highest BCUT2D eigenvalue weighted by atomic mass is 16.7. The fourth-order valence-corrected chi connectivity index (χ4v) is 4.66. The number of carbonyl (C=O) groups excluding carboxylic acids is 2. The van der Waals surface area contributed by atoms with Crippen molar-refractivity contribution in [1.82, 2.24) is 0 Å². The molecule has 8 nitrogen and oxygen atoms in total. The van der Waals surface area contributed by atoms with E-state index in [0.717, 1.165) is 53.5 Å². The summed E-state index contributed by atoms with van der Waals surface area (Å²) in [5.41, 5.74) is 4.93. The van der Waals surface area contributed by atoms with Gasteiger partial charge >= 0.3 is 12.3 Å². The molecule has 0 spiro atoms. The van der Waals surface area contributed by atoms with Crippen molar-refractivity contribution in [2.45, 2.75) is 45.4 Å². The molecule has 0 aliphatic rings. The van der Waals surface area contributed by atoms with E-state index in [1.807, 2.05) is 54.6 Å². The molecule has 0 saturated heterocycles. The number of ether oxygens (including phenoxy) is 6. The van der Waals surface area contributed by atoms with Gasteiger partial charge in [0.05, 0.1) is 28.4 Å². The first-order valence-electron chi connectivity index (χ1n) is 12.9. The summed E-state index contributed by atoms with van der Waals surface area (Å²) in [6.07, 6.45) is 1.61. The first-order valence-corrected chi connectivity index (χ1v) is 12.9. The van der Waals surface area contributed by atoms with Crippen LogP contribution in [0.25, 0.3) is 0 Å². The van der Waals surface area contributed by atoms with Crippen LogP contribution in [-0.2, 0) is 22.3 Å². The van der Waals surface area contributed by atoms with Crippen LogP contribution >= 0.6 is 0 Å². The summed E-state index contributed by atoms with van der Waals surface area (Å²) in [7, 11) is 5.57. The SMILES string of the molecule is CCCc1cc(OC)c(OC(=O)OC)cc1C(c1ccccc1)c1cc(OC(=O)OC)c(OC)cc1CCC. The van der Waals surface area contributed by atoms with E-state index in [2.05, 4.69) is 13.8 Å². The minimum Gasteiger partial charge on any atom is -0.493 e. The van der Waals surface area contributed by atoms with Crippen LogP contribution in [0.2, 0.25) is 0 Å². The van der Waals surface area contributed by atoms with Gasteiger partial charge in [-0.1, -0.05) is 57.0 Å². The lowest BCUT2D eigenvalue weighted by molar-refractivity contribution is 0.119. The molecule has 0 radical (unpaired) electrons. The fraction of sp³-hybridized carbons (Fsp3) is 0.355. The first-order chi connectivity index (χ1) is 18.9. The van der Waals surface area contributed by atoms with Gasteiger partial charge in [0, 0.05) is 5.92 Å². The molecule has 3 aromatic rings. The Balaban J connectivity index is 2.38. The summed E-state index contributed by atoms with van der Waals surface area (Å²) in [5, 5.41) is 0. The Kier molecular flexibility index (Phi) is 10.6. The Bertz CT molecular complexity index is 1190. The highest BCUT2D eigenvalue weighted by molar-refractivity contribution is 5.68. The minimum absolute atomic E-state index is 0.247. The maximum Gasteiger partial charge on any atom is 0.513 e. The van der Waals surface area contributed by atoms with Crippen molar-refractivity contribution >= 4 is 12.3 Å². The summed E-state index contributed by atoms with van der Waals surface area (Å²) in [6, 6.07) is 17.5. The van der Waals surface area contributed by atoms with Crippen LogP contribution in [0.1, 0.15) is 60.4 Å². The quantitative estimate of drug-likeness (QED) is 0.146. The number of carbonyl (C=O) groups is 2. The van der Waals surface area contributed by atoms with Crippen LogP contribution in [0.15, 0.2) is 54.6 Å². The fourth-order valence-electron chi connectivity index (χ4n) is 4.66. The van der Waals surface area contributed by atoms with E-state index < -0.39 is 12.3 Å². The molecule has 0 saturated carbocycles. The van der Waals surface area contributed by atoms with Crippen molar-refractivity contribution in [2.75, 3.05) is 28.4 Å². The van der Waals surface area contributed by atoms with E-state index in [-0.39, 0.29) is 17.4 Å². The molecular weight excluding hydrogens is 500 g/mol. The first kappa shape index (κ1) is 29.4. The average molecular weight is 537 g/mol. The Hall–Kier alpha value is -4.20. The number of benzene rings is 3. The second kappa shape index (κ2) is 14.1. The van der Waals surface area contributed by atoms with Crippen molar-refractivity contribution in [3.8, 4) is 23.0 Å². The van der Waals surface area contributed by atoms with Crippen LogP contribution in [0.5, 0.6) is 23.0 Å². The van der Waals surface area contributed by atoms with Crippen LogP contribution in [-0.4, -0.2) is 40.7 Å². The predicted molar refractivity (Wildman–Crippen MR) is 147 cm³/mol. The summed E-state index contributed by atoms with van der Waals surface area (Å²) < 4.78 is 31.6. The molecule has 0 aliphatic carbocycles. The van der Waals surface area contributed by atoms with E-state index >= 15 is 0 Å². The standard InChI is InChI=1S/C31H36O8/c1-7-12-21-16-25(34-3)27(38-30(32)36-5)18-23(21)29(20-14-10-9-11-15-20)24-19-28(39-31(33)37-6)26(35-4)17-22(24)13-8-2/h9-11,14-19,29H,7-8,12-13H2,1-6H3. The normalized spacial score (nSPS) is 10.6. The molecular formula is C31H36O8. The van der Waals surface area contributed by atoms with Crippen LogP contribution < -0.4 is 18.9 Å². The van der Waals surface area contributed by atoms with Gasteiger partial charge in [-0.15, -0.1) is 0 Å². The van der Waals surface area contributed by atoms with E-state index in [0.29, 0.717) is 11.5 Å². The molecule has 0 bridgehead atoms. The molecule has 3 rings (SSSR count). The zero-order valence-electron chi connectivity index (χ0n) is 23.4. The van der Waals surface area contributed by atoms with Crippen molar-refractivity contribution in [3.63, 3.8) is 0 Å². The third kappa shape index (κ3) is 7.02. The van der Waals surface area contributed by atoms with Crippen LogP contribution in [0, 0.1) is 0 Å². The molecule has 3 aromatic carbocycles. The zero-order valence-corrected chi connectivity index (χ0v) is 23.4. The number of hydrogen-bond acceptors (Lipinski definition) is 8. The molecule has 0 atom stereocenters. The molecule has 0 heterocycles. The van der Waals surface area contributed by atoms with Crippen molar-refractivity contribution in [2.24, 2.45) is 0 Å². The van der Waals surface area contributed by atoms with E-state index in [1.54, 1.807) is 0 Å². The Morgan fingerprint density at radius 2 is 1.08 bits per heavy atom. The smallest absolute Gasteiger partial charge is 0.493 e. The molecule has 8 heteroatoms. The number of aryl methyl sites for hydroxylation is 2.